The fourth-order valence-corrected chi connectivity index (χ4v) is 4.68. The summed E-state index contributed by atoms with van der Waals surface area (Å²) in [6, 6.07) is 9.94. The summed E-state index contributed by atoms with van der Waals surface area (Å²) in [4.78, 5) is 24.5. The molecule has 10 heteroatoms. The van der Waals surface area contributed by atoms with Gasteiger partial charge in [0.1, 0.15) is 0 Å². The normalized spacial score (nSPS) is 11.3. The number of benzene rings is 2. The van der Waals surface area contributed by atoms with Gasteiger partial charge in [0.25, 0.3) is 0 Å². The summed E-state index contributed by atoms with van der Waals surface area (Å²) < 4.78 is 26.8. The van der Waals surface area contributed by atoms with Crippen LogP contribution in [0.2, 0.25) is 5.02 Å². The number of aryl methyl sites for hydroxylation is 1. The van der Waals surface area contributed by atoms with E-state index in [0.29, 0.717) is 29.5 Å². The number of anilines is 2. The van der Waals surface area contributed by atoms with Gasteiger partial charge in [0, 0.05) is 29.5 Å². The quantitative estimate of drug-likeness (QED) is 0.484. The minimum absolute atomic E-state index is 0.112. The van der Waals surface area contributed by atoms with E-state index in [1.54, 1.807) is 51.1 Å². The molecule has 0 aliphatic heterocycles. The van der Waals surface area contributed by atoms with E-state index >= 15 is 0 Å². The van der Waals surface area contributed by atoms with Gasteiger partial charge in [-0.05, 0) is 49.2 Å². The molecule has 0 atom stereocenters. The topological polar surface area (TPSA) is 108 Å². The largest absolute Gasteiger partial charge is 0.376 e. The first-order valence-corrected chi connectivity index (χ1v) is 12.1. The lowest BCUT2D eigenvalue weighted by atomic mass is 10.2. The van der Waals surface area contributed by atoms with Crippen LogP contribution < -0.4 is 16.0 Å². The molecule has 0 saturated heterocycles. The molecule has 0 spiro atoms. The van der Waals surface area contributed by atoms with Crippen molar-refractivity contribution in [1.82, 2.24) is 9.62 Å². The van der Waals surface area contributed by atoms with E-state index in [4.69, 9.17) is 11.6 Å². The van der Waals surface area contributed by atoms with Crippen LogP contribution in [-0.4, -0.2) is 50.7 Å². The molecule has 0 unspecified atom stereocenters. The molecule has 32 heavy (non-hydrogen) atoms. The molecule has 2 aromatic carbocycles. The zero-order valence-corrected chi connectivity index (χ0v) is 20.2. The monoisotopic (exact) mass is 480 g/mol. The molecule has 0 heterocycles. The highest BCUT2D eigenvalue weighted by atomic mass is 35.5. The summed E-state index contributed by atoms with van der Waals surface area (Å²) in [6.45, 7) is 7.58. The van der Waals surface area contributed by atoms with Crippen molar-refractivity contribution in [3.05, 3.63) is 52.5 Å². The van der Waals surface area contributed by atoms with Gasteiger partial charge >= 0.3 is 0 Å². The van der Waals surface area contributed by atoms with E-state index in [2.05, 4.69) is 16.0 Å². The smallest absolute Gasteiger partial charge is 0.243 e. The van der Waals surface area contributed by atoms with E-state index in [-0.39, 0.29) is 23.9 Å². The van der Waals surface area contributed by atoms with Gasteiger partial charge in [-0.3, -0.25) is 9.59 Å². The first-order chi connectivity index (χ1) is 15.1. The third-order valence-corrected chi connectivity index (χ3v) is 7.43. The molecular formula is C22H29ClN4O4S. The van der Waals surface area contributed by atoms with Crippen molar-refractivity contribution in [2.45, 2.75) is 32.6 Å². The Morgan fingerprint density at radius 1 is 0.969 bits per heavy atom. The number of carbonyl (C=O) groups excluding carboxylic acids is 2. The van der Waals surface area contributed by atoms with Gasteiger partial charge in [-0.1, -0.05) is 37.6 Å². The number of amides is 2. The van der Waals surface area contributed by atoms with Gasteiger partial charge in [0.05, 0.1) is 18.0 Å². The molecule has 0 aliphatic carbocycles. The van der Waals surface area contributed by atoms with Crippen LogP contribution in [0, 0.1) is 13.8 Å². The zero-order valence-electron chi connectivity index (χ0n) is 18.7. The molecule has 0 aliphatic rings. The second-order valence-corrected chi connectivity index (χ2v) is 9.50. The van der Waals surface area contributed by atoms with Crippen LogP contribution in [0.25, 0.3) is 0 Å². The van der Waals surface area contributed by atoms with E-state index in [9.17, 15) is 18.0 Å². The molecular weight excluding hydrogens is 452 g/mol. The highest BCUT2D eigenvalue weighted by Gasteiger charge is 2.22. The summed E-state index contributed by atoms with van der Waals surface area (Å²) in [5.74, 6) is -0.786. The number of nitrogens with zero attached hydrogens (tertiary/aromatic N) is 1. The van der Waals surface area contributed by atoms with Gasteiger partial charge in [-0.25, -0.2) is 8.42 Å². The molecule has 0 bridgehead atoms. The maximum Gasteiger partial charge on any atom is 0.243 e. The molecule has 2 rings (SSSR count). The molecule has 3 N–H and O–H groups in total. The van der Waals surface area contributed by atoms with Gasteiger partial charge in [-0.2, -0.15) is 4.31 Å². The lowest BCUT2D eigenvalue weighted by molar-refractivity contribution is -0.122. The number of hydrogen-bond acceptors (Lipinski definition) is 5. The average molecular weight is 481 g/mol. The van der Waals surface area contributed by atoms with Crippen molar-refractivity contribution >= 4 is 44.8 Å². The first-order valence-electron chi connectivity index (χ1n) is 10.3. The van der Waals surface area contributed by atoms with Crippen molar-refractivity contribution in [3.63, 3.8) is 0 Å². The number of halogens is 1. The molecule has 174 valence electrons. The lowest BCUT2D eigenvalue weighted by Crippen LogP contribution is -2.36. The van der Waals surface area contributed by atoms with Crippen molar-refractivity contribution in [3.8, 4) is 0 Å². The van der Waals surface area contributed by atoms with Gasteiger partial charge in [0.15, 0.2) is 0 Å². The Hall–Kier alpha value is -2.62. The fourth-order valence-electron chi connectivity index (χ4n) is 3.02. The Balaban J connectivity index is 1.95. The highest BCUT2D eigenvalue weighted by Crippen LogP contribution is 2.23. The van der Waals surface area contributed by atoms with Crippen LogP contribution in [0.5, 0.6) is 0 Å². The Morgan fingerprint density at radius 2 is 1.66 bits per heavy atom. The zero-order chi connectivity index (χ0) is 23.9. The van der Waals surface area contributed by atoms with Crippen LogP contribution in [-0.2, 0) is 19.6 Å². The summed E-state index contributed by atoms with van der Waals surface area (Å²) in [5.41, 5.74) is 2.65. The number of hydrogen-bond donors (Lipinski definition) is 3. The molecule has 2 aromatic rings. The van der Waals surface area contributed by atoms with Crippen LogP contribution in [0.4, 0.5) is 11.4 Å². The Morgan fingerprint density at radius 3 is 2.31 bits per heavy atom. The second-order valence-electron chi connectivity index (χ2n) is 7.16. The molecule has 8 nitrogen and oxygen atoms in total. The maximum absolute atomic E-state index is 12.7. The van der Waals surface area contributed by atoms with Gasteiger partial charge in [0.2, 0.25) is 21.8 Å². The molecule has 0 aromatic heterocycles. The average Bonchev–Trinajstić information content (AvgIpc) is 2.75. The van der Waals surface area contributed by atoms with Gasteiger partial charge in [-0.15, -0.1) is 0 Å². The third-order valence-electron chi connectivity index (χ3n) is 4.98. The van der Waals surface area contributed by atoms with Crippen molar-refractivity contribution in [2.24, 2.45) is 0 Å². The minimum atomic E-state index is -3.61. The highest BCUT2D eigenvalue weighted by molar-refractivity contribution is 7.89. The second kappa shape index (κ2) is 11.3. The number of nitrogens with one attached hydrogen (secondary N) is 3. The SMILES string of the molecule is CCN(CC)S(=O)(=O)c1ccc(C)c(NCC(=O)NCC(=O)Nc2cccc(Cl)c2C)c1. The van der Waals surface area contributed by atoms with Crippen LogP contribution in [0.1, 0.15) is 25.0 Å². The van der Waals surface area contributed by atoms with Crippen molar-refractivity contribution < 1.29 is 18.0 Å². The summed E-state index contributed by atoms with van der Waals surface area (Å²) >= 11 is 6.04. The predicted octanol–water partition coefficient (Wildman–Crippen LogP) is 3.15. The summed E-state index contributed by atoms with van der Waals surface area (Å²) in [5, 5.41) is 8.72. The van der Waals surface area contributed by atoms with Crippen molar-refractivity contribution in [2.75, 3.05) is 36.8 Å². The predicted molar refractivity (Wildman–Crippen MR) is 128 cm³/mol. The van der Waals surface area contributed by atoms with E-state index in [0.717, 1.165) is 11.1 Å². The van der Waals surface area contributed by atoms with Crippen LogP contribution >= 0.6 is 11.6 Å². The molecule has 0 radical (unpaired) electrons. The lowest BCUT2D eigenvalue weighted by Gasteiger charge is -2.19. The Labute approximate surface area is 194 Å². The Kier molecular flexibility index (Phi) is 9.06. The maximum atomic E-state index is 12.7. The van der Waals surface area contributed by atoms with E-state index in [1.807, 2.05) is 6.92 Å². The number of carbonyl (C=O) groups is 2. The van der Waals surface area contributed by atoms with Gasteiger partial charge < -0.3 is 16.0 Å². The van der Waals surface area contributed by atoms with E-state index in [1.165, 1.54) is 10.4 Å². The van der Waals surface area contributed by atoms with Crippen LogP contribution in [0.15, 0.2) is 41.3 Å². The summed E-state index contributed by atoms with van der Waals surface area (Å²) in [6.07, 6.45) is 0. The number of rotatable bonds is 10. The third kappa shape index (κ3) is 6.44. The fraction of sp³-hybridized carbons (Fsp3) is 0.364. The number of sulfonamides is 1. The van der Waals surface area contributed by atoms with Crippen LogP contribution in [0.3, 0.4) is 0 Å². The Bertz CT molecular complexity index is 1090. The minimum Gasteiger partial charge on any atom is -0.376 e. The first kappa shape index (κ1) is 25.6. The molecule has 2 amide bonds. The van der Waals surface area contributed by atoms with E-state index < -0.39 is 15.9 Å². The molecule has 0 fully saturated rings. The summed E-state index contributed by atoms with van der Waals surface area (Å²) in [7, 11) is -3.61. The standard InChI is InChI=1S/C22H29ClN4O4S/c1-5-27(6-2)32(30,31)17-11-10-15(3)20(12-17)24-13-21(28)25-14-22(29)26-19-9-7-8-18(23)16(19)4/h7-12,24H,5-6,13-14H2,1-4H3,(H,25,28)(H,26,29). The van der Waals surface area contributed by atoms with Crippen molar-refractivity contribution in [1.29, 1.82) is 0 Å². The molecule has 0 saturated carbocycles.